The van der Waals surface area contributed by atoms with Crippen LogP contribution >= 0.6 is 0 Å². The summed E-state index contributed by atoms with van der Waals surface area (Å²) in [5.74, 6) is -0.0107. The Kier molecular flexibility index (Phi) is 2.14. The average Bonchev–Trinajstić information content (AvgIpc) is 2.72. The van der Waals surface area contributed by atoms with E-state index < -0.39 is 0 Å². The van der Waals surface area contributed by atoms with E-state index in [1.165, 1.54) is 18.7 Å². The van der Waals surface area contributed by atoms with Gasteiger partial charge in [-0.05, 0) is 6.07 Å². The smallest absolute Gasteiger partial charge is 0.259 e. The molecule has 70 valence electrons. The molecule has 14 heavy (non-hydrogen) atoms. The van der Waals surface area contributed by atoms with Gasteiger partial charge in [0, 0.05) is 0 Å². The van der Waals surface area contributed by atoms with Crippen molar-refractivity contribution in [2.75, 3.05) is 5.32 Å². The van der Waals surface area contributed by atoms with Crippen LogP contribution in [0.2, 0.25) is 0 Å². The summed E-state index contributed by atoms with van der Waals surface area (Å²) in [5.41, 5.74) is 0.413. The lowest BCUT2D eigenvalue weighted by molar-refractivity contribution is 0.102. The Morgan fingerprint density at radius 1 is 1.43 bits per heavy atom. The second-order valence-corrected chi connectivity index (χ2v) is 2.42. The highest BCUT2D eigenvalue weighted by Gasteiger charge is 2.06. The fourth-order valence-corrected chi connectivity index (χ4v) is 0.870. The summed E-state index contributed by atoms with van der Waals surface area (Å²) in [5, 5.41) is 15.7. The summed E-state index contributed by atoms with van der Waals surface area (Å²) < 4.78 is 0. The van der Waals surface area contributed by atoms with Crippen LogP contribution in [0.15, 0.2) is 24.8 Å². The van der Waals surface area contributed by atoms with Gasteiger partial charge >= 0.3 is 0 Å². The lowest BCUT2D eigenvalue weighted by atomic mass is 10.3. The minimum atomic E-state index is -0.309. The molecule has 0 spiro atoms. The van der Waals surface area contributed by atoms with Crippen LogP contribution in [-0.4, -0.2) is 31.3 Å². The number of hydrogen-bond donors (Lipinski definition) is 2. The average molecular weight is 190 g/mol. The van der Waals surface area contributed by atoms with Crippen LogP contribution in [0.25, 0.3) is 0 Å². The van der Waals surface area contributed by atoms with Gasteiger partial charge in [0.15, 0.2) is 0 Å². The molecular formula is C7H6N6O. The monoisotopic (exact) mass is 190 g/mol. The molecule has 1 amide bonds. The number of nitrogens with zero attached hydrogens (tertiary/aromatic N) is 4. The molecule has 0 unspecified atom stereocenters. The van der Waals surface area contributed by atoms with Gasteiger partial charge < -0.3 is 0 Å². The van der Waals surface area contributed by atoms with E-state index in [0.717, 1.165) is 0 Å². The molecule has 0 aromatic carbocycles. The summed E-state index contributed by atoms with van der Waals surface area (Å²) in [4.78, 5) is 15.2. The Balaban J connectivity index is 2.11. The molecule has 0 bridgehead atoms. The molecule has 2 rings (SSSR count). The van der Waals surface area contributed by atoms with Crippen LogP contribution in [0, 0.1) is 0 Å². The number of nitrogens with one attached hydrogen (secondary N) is 2. The maximum atomic E-state index is 11.4. The van der Waals surface area contributed by atoms with Crippen LogP contribution in [-0.2, 0) is 0 Å². The highest BCUT2D eigenvalue weighted by Crippen LogP contribution is 1.99. The van der Waals surface area contributed by atoms with E-state index in [2.05, 4.69) is 30.7 Å². The molecule has 0 aliphatic rings. The molecule has 0 saturated heterocycles. The molecule has 2 heterocycles. The lowest BCUT2D eigenvalue weighted by Gasteiger charge is -1.98. The first kappa shape index (κ1) is 8.30. The summed E-state index contributed by atoms with van der Waals surface area (Å²) in [6.45, 7) is 0. The minimum Gasteiger partial charge on any atom is -0.291 e. The van der Waals surface area contributed by atoms with Gasteiger partial charge in [-0.15, -0.1) is 0 Å². The van der Waals surface area contributed by atoms with E-state index in [1.54, 1.807) is 6.07 Å². The van der Waals surface area contributed by atoms with Gasteiger partial charge in [-0.3, -0.25) is 10.1 Å². The SMILES string of the molecule is O=C(Nc1ncn[nH]1)c1ccnnc1. The van der Waals surface area contributed by atoms with Crippen molar-refractivity contribution in [3.05, 3.63) is 30.4 Å². The van der Waals surface area contributed by atoms with Gasteiger partial charge in [-0.1, -0.05) is 0 Å². The molecule has 2 N–H and O–H groups in total. The first-order valence-corrected chi connectivity index (χ1v) is 3.79. The van der Waals surface area contributed by atoms with Crippen molar-refractivity contribution in [2.24, 2.45) is 0 Å². The molecule has 0 aliphatic carbocycles. The van der Waals surface area contributed by atoms with Crippen LogP contribution in [0.5, 0.6) is 0 Å². The van der Waals surface area contributed by atoms with Crippen molar-refractivity contribution >= 4 is 11.9 Å². The van der Waals surface area contributed by atoms with Crippen LogP contribution in [0.1, 0.15) is 10.4 Å². The van der Waals surface area contributed by atoms with E-state index in [4.69, 9.17) is 0 Å². The maximum Gasteiger partial charge on any atom is 0.259 e. The Bertz CT molecular complexity index is 411. The number of aromatic amines is 1. The largest absolute Gasteiger partial charge is 0.291 e. The van der Waals surface area contributed by atoms with Crippen LogP contribution in [0.4, 0.5) is 5.95 Å². The van der Waals surface area contributed by atoms with E-state index in [1.807, 2.05) is 0 Å². The van der Waals surface area contributed by atoms with Crippen molar-refractivity contribution in [2.45, 2.75) is 0 Å². The standard InChI is InChI=1S/C7H6N6O/c14-6(5-1-2-9-10-3-5)12-7-8-4-11-13-7/h1-4H,(H2,8,11,12,13,14). The molecule has 2 aromatic heterocycles. The van der Waals surface area contributed by atoms with Gasteiger partial charge in [0.25, 0.3) is 5.91 Å². The van der Waals surface area contributed by atoms with Gasteiger partial charge in [0.05, 0.1) is 18.0 Å². The zero-order chi connectivity index (χ0) is 9.80. The highest BCUT2D eigenvalue weighted by atomic mass is 16.1. The quantitative estimate of drug-likeness (QED) is 0.686. The first-order chi connectivity index (χ1) is 6.86. The number of carbonyl (C=O) groups excluding carboxylic acids is 1. The summed E-state index contributed by atoms with van der Waals surface area (Å²) >= 11 is 0. The summed E-state index contributed by atoms with van der Waals surface area (Å²) in [6, 6.07) is 1.55. The molecule has 0 saturated carbocycles. The molecule has 0 fully saturated rings. The Morgan fingerprint density at radius 2 is 2.36 bits per heavy atom. The van der Waals surface area contributed by atoms with Gasteiger partial charge in [-0.25, -0.2) is 5.10 Å². The van der Waals surface area contributed by atoms with E-state index in [9.17, 15) is 4.79 Å². The fourth-order valence-electron chi connectivity index (χ4n) is 0.870. The zero-order valence-corrected chi connectivity index (χ0v) is 7.01. The topological polar surface area (TPSA) is 96.5 Å². The predicted molar refractivity (Wildman–Crippen MR) is 46.4 cm³/mol. The zero-order valence-electron chi connectivity index (χ0n) is 7.01. The summed E-state index contributed by atoms with van der Waals surface area (Å²) in [7, 11) is 0. The van der Waals surface area contributed by atoms with E-state index in [0.29, 0.717) is 11.5 Å². The minimum absolute atomic E-state index is 0.298. The maximum absolute atomic E-state index is 11.4. The molecule has 2 aromatic rings. The number of anilines is 1. The lowest BCUT2D eigenvalue weighted by Crippen LogP contribution is -2.13. The number of aromatic nitrogens is 5. The number of hydrogen-bond acceptors (Lipinski definition) is 5. The third-order valence-electron chi connectivity index (χ3n) is 1.49. The molecule has 0 radical (unpaired) electrons. The van der Waals surface area contributed by atoms with Gasteiger partial charge in [0.2, 0.25) is 5.95 Å². The van der Waals surface area contributed by atoms with Crippen LogP contribution < -0.4 is 5.32 Å². The van der Waals surface area contributed by atoms with Crippen molar-refractivity contribution in [3.63, 3.8) is 0 Å². The first-order valence-electron chi connectivity index (χ1n) is 3.79. The van der Waals surface area contributed by atoms with Crippen molar-refractivity contribution in [1.29, 1.82) is 0 Å². The second kappa shape index (κ2) is 3.60. The van der Waals surface area contributed by atoms with Gasteiger partial charge in [0.1, 0.15) is 6.33 Å². The molecule has 0 atom stereocenters. The van der Waals surface area contributed by atoms with Crippen LogP contribution in [0.3, 0.4) is 0 Å². The van der Waals surface area contributed by atoms with Crippen molar-refractivity contribution in [1.82, 2.24) is 25.4 Å². The number of carbonyl (C=O) groups is 1. The number of rotatable bonds is 2. The Labute approximate surface area is 78.6 Å². The third kappa shape index (κ3) is 1.71. The second-order valence-electron chi connectivity index (χ2n) is 2.42. The van der Waals surface area contributed by atoms with E-state index >= 15 is 0 Å². The van der Waals surface area contributed by atoms with Crippen molar-refractivity contribution in [3.8, 4) is 0 Å². The normalized spacial score (nSPS) is 9.71. The highest BCUT2D eigenvalue weighted by molar-refractivity contribution is 6.02. The fraction of sp³-hybridized carbons (Fsp3) is 0. The molecule has 7 nitrogen and oxygen atoms in total. The van der Waals surface area contributed by atoms with Gasteiger partial charge in [-0.2, -0.15) is 20.3 Å². The van der Waals surface area contributed by atoms with E-state index in [-0.39, 0.29) is 5.91 Å². The molecule has 7 heteroatoms. The number of amides is 1. The third-order valence-corrected chi connectivity index (χ3v) is 1.49. The molecule has 0 aliphatic heterocycles. The summed E-state index contributed by atoms with van der Waals surface area (Å²) in [6.07, 6.45) is 4.11. The number of H-pyrrole nitrogens is 1. The predicted octanol–water partition coefficient (Wildman–Crippen LogP) is -0.153. The molecular weight excluding hydrogens is 184 g/mol. The van der Waals surface area contributed by atoms with Crippen molar-refractivity contribution < 1.29 is 4.79 Å². The Hall–Kier alpha value is -2.31. The Morgan fingerprint density at radius 3 is 3.00 bits per heavy atom.